The number of carbonyl (C=O) groups is 1. The Kier molecular flexibility index (Phi) is 3.34. The summed E-state index contributed by atoms with van der Waals surface area (Å²) in [6, 6.07) is 0.207. The minimum atomic E-state index is 0.207. The van der Waals surface area contributed by atoms with Gasteiger partial charge >= 0.3 is 0 Å². The molecule has 1 unspecified atom stereocenters. The number of hydrogen-bond acceptors (Lipinski definition) is 3. The van der Waals surface area contributed by atoms with Gasteiger partial charge in [0.2, 0.25) is 5.91 Å². The van der Waals surface area contributed by atoms with Gasteiger partial charge < -0.3 is 10.6 Å². The van der Waals surface area contributed by atoms with Crippen molar-refractivity contribution in [3.8, 4) is 0 Å². The van der Waals surface area contributed by atoms with E-state index in [1.165, 1.54) is 12.8 Å². The minimum absolute atomic E-state index is 0.207. The van der Waals surface area contributed by atoms with E-state index in [2.05, 4.69) is 0 Å². The first kappa shape index (κ1) is 10.3. The predicted octanol–water partition coefficient (Wildman–Crippen LogP) is 0.832. The molecule has 80 valence electrons. The fraction of sp³-hybridized carbons (Fsp3) is 0.900. The number of rotatable bonds is 3. The van der Waals surface area contributed by atoms with Crippen molar-refractivity contribution in [1.82, 2.24) is 4.90 Å². The van der Waals surface area contributed by atoms with Crippen LogP contribution in [0.15, 0.2) is 0 Å². The van der Waals surface area contributed by atoms with E-state index >= 15 is 0 Å². The molecule has 0 radical (unpaired) electrons. The number of nitrogens with zero attached hydrogens (tertiary/aromatic N) is 1. The summed E-state index contributed by atoms with van der Waals surface area (Å²) in [5.74, 6) is 0.953. The molecule has 4 heteroatoms. The number of nitrogens with two attached hydrogens (primary N) is 1. The number of piperidine rings is 1. The molecule has 0 bridgehead atoms. The average Bonchev–Trinajstić information content (AvgIpc) is 2.97. The molecule has 1 saturated heterocycles. The van der Waals surface area contributed by atoms with Gasteiger partial charge in [-0.1, -0.05) is 0 Å². The number of likely N-dealkylation sites (tertiary alicyclic amines) is 1. The summed E-state index contributed by atoms with van der Waals surface area (Å²) in [5, 5.41) is 0.775. The van der Waals surface area contributed by atoms with Gasteiger partial charge in [-0.15, -0.1) is 11.8 Å². The second kappa shape index (κ2) is 4.53. The molecule has 2 rings (SSSR count). The van der Waals surface area contributed by atoms with Gasteiger partial charge in [-0.3, -0.25) is 4.79 Å². The molecule has 14 heavy (non-hydrogen) atoms. The van der Waals surface area contributed by atoms with Gasteiger partial charge in [-0.05, 0) is 25.7 Å². The van der Waals surface area contributed by atoms with Gasteiger partial charge in [-0.2, -0.15) is 0 Å². The van der Waals surface area contributed by atoms with Crippen molar-refractivity contribution in [3.63, 3.8) is 0 Å². The summed E-state index contributed by atoms with van der Waals surface area (Å²) in [6.07, 6.45) is 4.75. The third-order valence-electron chi connectivity index (χ3n) is 2.78. The molecular formula is C10H18N2OS. The normalized spacial score (nSPS) is 27.8. The highest BCUT2D eigenvalue weighted by molar-refractivity contribution is 8.00. The number of thioether (sulfide) groups is 1. The van der Waals surface area contributed by atoms with Crippen LogP contribution in [0.1, 0.15) is 25.7 Å². The maximum Gasteiger partial charge on any atom is 0.232 e. The molecule has 2 aliphatic rings. The second-order valence-electron chi connectivity index (χ2n) is 4.25. The van der Waals surface area contributed by atoms with E-state index in [1.54, 1.807) is 0 Å². The minimum Gasteiger partial charge on any atom is -0.340 e. The molecule has 1 saturated carbocycles. The highest BCUT2D eigenvalue weighted by Gasteiger charge is 2.25. The molecule has 1 amide bonds. The maximum atomic E-state index is 11.7. The first-order chi connectivity index (χ1) is 6.75. The van der Waals surface area contributed by atoms with Gasteiger partial charge in [0, 0.05) is 24.4 Å². The molecular weight excluding hydrogens is 196 g/mol. The first-order valence-electron chi connectivity index (χ1n) is 5.40. The third-order valence-corrected chi connectivity index (χ3v) is 4.13. The monoisotopic (exact) mass is 214 g/mol. The smallest absolute Gasteiger partial charge is 0.232 e. The zero-order chi connectivity index (χ0) is 9.97. The van der Waals surface area contributed by atoms with Crippen LogP contribution in [0.25, 0.3) is 0 Å². The van der Waals surface area contributed by atoms with Crippen molar-refractivity contribution in [2.24, 2.45) is 5.73 Å². The summed E-state index contributed by atoms with van der Waals surface area (Å²) in [6.45, 7) is 1.68. The lowest BCUT2D eigenvalue weighted by molar-refractivity contribution is -0.129. The van der Waals surface area contributed by atoms with Crippen LogP contribution in [-0.4, -0.2) is 40.9 Å². The molecule has 1 aliphatic heterocycles. The number of carbonyl (C=O) groups excluding carboxylic acids is 1. The van der Waals surface area contributed by atoms with Crippen LogP contribution in [0.2, 0.25) is 0 Å². The van der Waals surface area contributed by atoms with Gasteiger partial charge in [0.25, 0.3) is 0 Å². The van der Waals surface area contributed by atoms with E-state index in [-0.39, 0.29) is 11.9 Å². The van der Waals surface area contributed by atoms with Crippen LogP contribution in [0.5, 0.6) is 0 Å². The molecule has 1 aliphatic carbocycles. The van der Waals surface area contributed by atoms with Crippen molar-refractivity contribution in [1.29, 1.82) is 0 Å². The lowest BCUT2D eigenvalue weighted by Crippen LogP contribution is -2.46. The Morgan fingerprint density at radius 2 is 2.21 bits per heavy atom. The highest BCUT2D eigenvalue weighted by Crippen LogP contribution is 2.34. The Morgan fingerprint density at radius 1 is 1.43 bits per heavy atom. The van der Waals surface area contributed by atoms with Crippen LogP contribution in [-0.2, 0) is 4.79 Å². The molecule has 0 aromatic carbocycles. The Labute approximate surface area is 89.4 Å². The van der Waals surface area contributed by atoms with Crippen LogP contribution in [0, 0.1) is 0 Å². The van der Waals surface area contributed by atoms with Crippen molar-refractivity contribution in [3.05, 3.63) is 0 Å². The summed E-state index contributed by atoms with van der Waals surface area (Å²) >= 11 is 1.81. The lowest BCUT2D eigenvalue weighted by atomic mass is 10.1. The number of amides is 1. The van der Waals surface area contributed by atoms with Gasteiger partial charge in [0.15, 0.2) is 0 Å². The van der Waals surface area contributed by atoms with Crippen molar-refractivity contribution in [2.45, 2.75) is 37.0 Å². The van der Waals surface area contributed by atoms with E-state index in [4.69, 9.17) is 5.73 Å². The Hall–Kier alpha value is -0.220. The predicted molar refractivity (Wildman–Crippen MR) is 59.3 cm³/mol. The fourth-order valence-corrected chi connectivity index (χ4v) is 2.78. The quantitative estimate of drug-likeness (QED) is 0.757. The van der Waals surface area contributed by atoms with Crippen LogP contribution >= 0.6 is 11.8 Å². The zero-order valence-corrected chi connectivity index (χ0v) is 9.26. The molecule has 0 aromatic heterocycles. The zero-order valence-electron chi connectivity index (χ0n) is 8.45. The number of hydrogen-bond donors (Lipinski definition) is 1. The van der Waals surface area contributed by atoms with Crippen LogP contribution in [0.4, 0.5) is 0 Å². The Balaban J connectivity index is 1.71. The third kappa shape index (κ3) is 2.89. The summed E-state index contributed by atoms with van der Waals surface area (Å²) in [4.78, 5) is 13.7. The van der Waals surface area contributed by atoms with Crippen molar-refractivity contribution >= 4 is 17.7 Å². The molecule has 3 nitrogen and oxygen atoms in total. The highest BCUT2D eigenvalue weighted by atomic mass is 32.2. The maximum absolute atomic E-state index is 11.7. The summed E-state index contributed by atoms with van der Waals surface area (Å²) < 4.78 is 0. The second-order valence-corrected chi connectivity index (χ2v) is 5.54. The summed E-state index contributed by atoms with van der Waals surface area (Å²) in [5.41, 5.74) is 5.83. The van der Waals surface area contributed by atoms with E-state index in [9.17, 15) is 4.79 Å². The SMILES string of the molecule is NC1CCCN(C(=O)CSC2CC2)C1. The largest absolute Gasteiger partial charge is 0.340 e. The van der Waals surface area contributed by atoms with Gasteiger partial charge in [0.05, 0.1) is 5.75 Å². The standard InChI is InChI=1S/C10H18N2OS/c11-8-2-1-5-12(6-8)10(13)7-14-9-3-4-9/h8-9H,1-7,11H2. The Bertz CT molecular complexity index is 218. The van der Waals surface area contributed by atoms with E-state index in [0.717, 1.165) is 31.2 Å². The molecule has 2 N–H and O–H groups in total. The van der Waals surface area contributed by atoms with Crippen LogP contribution < -0.4 is 5.73 Å². The van der Waals surface area contributed by atoms with Crippen LogP contribution in [0.3, 0.4) is 0 Å². The van der Waals surface area contributed by atoms with Crippen molar-refractivity contribution in [2.75, 3.05) is 18.8 Å². The average molecular weight is 214 g/mol. The molecule has 1 heterocycles. The van der Waals surface area contributed by atoms with Gasteiger partial charge in [0.1, 0.15) is 0 Å². The van der Waals surface area contributed by atoms with E-state index < -0.39 is 0 Å². The molecule has 1 atom stereocenters. The van der Waals surface area contributed by atoms with Gasteiger partial charge in [-0.25, -0.2) is 0 Å². The topological polar surface area (TPSA) is 46.3 Å². The Morgan fingerprint density at radius 3 is 2.86 bits per heavy atom. The molecule has 0 spiro atoms. The van der Waals surface area contributed by atoms with Crippen molar-refractivity contribution < 1.29 is 4.79 Å². The van der Waals surface area contributed by atoms with E-state index in [1.807, 2.05) is 16.7 Å². The fourth-order valence-electron chi connectivity index (χ4n) is 1.75. The van der Waals surface area contributed by atoms with E-state index in [0.29, 0.717) is 5.75 Å². The lowest BCUT2D eigenvalue weighted by Gasteiger charge is -2.30. The molecule has 0 aromatic rings. The summed E-state index contributed by atoms with van der Waals surface area (Å²) in [7, 11) is 0. The molecule has 2 fully saturated rings. The first-order valence-corrected chi connectivity index (χ1v) is 6.45.